The SMILES string of the molecule is COCOc1cc(-c2nc3c4c(nc(OCC56CCCN5CC(F)C6)nc4c2F)N2CC4CCC(C2CO3)N4C(=O)OC(C)(C)C)c2c(C#C[Si](C(C)C)(C(C)C)C(C)C)c(F)ccc2c1. The van der Waals surface area contributed by atoms with E-state index >= 15 is 8.78 Å². The number of carbonyl (C=O) groups is 1. The molecule has 5 aliphatic heterocycles. The molecule has 4 fully saturated rings. The quantitative estimate of drug-likeness (QED) is 0.0861. The van der Waals surface area contributed by atoms with Gasteiger partial charge >= 0.3 is 12.1 Å². The molecule has 0 spiro atoms. The van der Waals surface area contributed by atoms with Crippen LogP contribution in [-0.4, -0.2) is 121 Å². The average Bonchev–Trinajstić information content (AvgIpc) is 3.86. The first-order valence-corrected chi connectivity index (χ1v) is 25.8. The number of aromatic nitrogens is 3. The minimum Gasteiger partial charge on any atom is -0.475 e. The minimum atomic E-state index is -2.36. The number of carbonyl (C=O) groups excluding carboxylic acids is 1. The van der Waals surface area contributed by atoms with Crippen molar-refractivity contribution in [1.82, 2.24) is 24.8 Å². The summed E-state index contributed by atoms with van der Waals surface area (Å²) in [5.41, 5.74) is 3.43. The van der Waals surface area contributed by atoms with Crippen molar-refractivity contribution in [3.05, 3.63) is 41.5 Å². The molecule has 5 unspecified atom stereocenters. The third kappa shape index (κ3) is 7.90. The van der Waals surface area contributed by atoms with Crippen molar-refractivity contribution in [2.75, 3.05) is 51.7 Å². The van der Waals surface area contributed by atoms with Crippen molar-refractivity contribution >= 4 is 41.7 Å². The third-order valence-corrected chi connectivity index (χ3v) is 21.2. The van der Waals surface area contributed by atoms with E-state index in [1.807, 2.05) is 25.7 Å². The highest BCUT2D eigenvalue weighted by atomic mass is 28.3. The fraction of sp³-hybridized carbons (Fsp3) is 0.600. The molecular weight excluding hydrogens is 866 g/mol. The molecule has 0 N–H and O–H groups in total. The molecule has 4 aromatic rings. The van der Waals surface area contributed by atoms with E-state index in [2.05, 4.69) is 62.8 Å². The summed E-state index contributed by atoms with van der Waals surface area (Å²) in [4.78, 5) is 34.6. The van der Waals surface area contributed by atoms with Crippen molar-refractivity contribution in [3.63, 3.8) is 0 Å². The molecule has 2 aromatic heterocycles. The zero-order valence-corrected chi connectivity index (χ0v) is 40.9. The lowest BCUT2D eigenvalue weighted by Gasteiger charge is -2.46. The van der Waals surface area contributed by atoms with Crippen LogP contribution in [0.4, 0.5) is 23.8 Å². The van der Waals surface area contributed by atoms with Gasteiger partial charge in [-0.3, -0.25) is 9.80 Å². The van der Waals surface area contributed by atoms with Crippen LogP contribution in [0, 0.1) is 23.1 Å². The van der Waals surface area contributed by atoms with Gasteiger partial charge in [0.2, 0.25) is 5.88 Å². The second-order valence-electron chi connectivity index (χ2n) is 20.9. The highest BCUT2D eigenvalue weighted by Gasteiger charge is 2.53. The summed E-state index contributed by atoms with van der Waals surface area (Å²) in [6.45, 7) is 20.3. The number of anilines is 1. The van der Waals surface area contributed by atoms with Crippen LogP contribution in [0.25, 0.3) is 32.9 Å². The van der Waals surface area contributed by atoms with E-state index in [9.17, 15) is 9.18 Å². The fourth-order valence-electron chi connectivity index (χ4n) is 12.1. The number of fused-ring (bicyclic) bond motifs is 7. The number of hydrogen-bond acceptors (Lipinski definition) is 11. The first-order chi connectivity index (χ1) is 31.4. The second kappa shape index (κ2) is 17.3. The number of rotatable bonds is 10. The van der Waals surface area contributed by atoms with Gasteiger partial charge in [-0.05, 0) is 93.2 Å². The van der Waals surface area contributed by atoms with Gasteiger partial charge in [0.25, 0.3) is 0 Å². The largest absolute Gasteiger partial charge is 0.475 e. The molecule has 2 bridgehead atoms. The minimum absolute atomic E-state index is 0.0670. The molecule has 16 heteroatoms. The number of hydrogen-bond donors (Lipinski definition) is 0. The lowest BCUT2D eigenvalue weighted by Crippen LogP contribution is -2.63. The Morgan fingerprint density at radius 2 is 1.74 bits per heavy atom. The second-order valence-corrected chi connectivity index (χ2v) is 26.5. The molecule has 5 atom stereocenters. The van der Waals surface area contributed by atoms with Crippen molar-refractivity contribution in [2.45, 2.75) is 146 Å². The van der Waals surface area contributed by atoms with Gasteiger partial charge in [-0.2, -0.15) is 9.97 Å². The fourth-order valence-corrected chi connectivity index (χ4v) is 17.3. The first kappa shape index (κ1) is 46.3. The zero-order valence-electron chi connectivity index (χ0n) is 39.9. The summed E-state index contributed by atoms with van der Waals surface area (Å²) < 4.78 is 79.9. The number of alkyl halides is 1. The zero-order chi connectivity index (χ0) is 47.0. The summed E-state index contributed by atoms with van der Waals surface area (Å²) in [5.74, 6) is 2.81. The van der Waals surface area contributed by atoms with Gasteiger partial charge in [-0.15, -0.1) is 5.54 Å². The van der Waals surface area contributed by atoms with Crippen molar-refractivity contribution in [3.8, 4) is 40.4 Å². The molecule has 12 nitrogen and oxygen atoms in total. The van der Waals surface area contributed by atoms with Gasteiger partial charge in [0.15, 0.2) is 12.6 Å². The summed E-state index contributed by atoms with van der Waals surface area (Å²) >= 11 is 0. The molecule has 9 rings (SSSR count). The molecular formula is C50H63F3N6O6Si. The van der Waals surface area contributed by atoms with E-state index in [-0.39, 0.29) is 88.3 Å². The Morgan fingerprint density at radius 3 is 2.45 bits per heavy atom. The van der Waals surface area contributed by atoms with Crippen LogP contribution in [0.2, 0.25) is 16.6 Å². The molecule has 0 aliphatic carbocycles. The number of halogens is 3. The number of nitrogens with zero attached hydrogens (tertiary/aromatic N) is 6. The van der Waals surface area contributed by atoms with E-state index in [0.29, 0.717) is 48.3 Å². The number of methoxy groups -OCH3 is 1. The van der Waals surface area contributed by atoms with E-state index in [1.165, 1.54) is 13.2 Å². The monoisotopic (exact) mass is 928 g/mol. The Hall–Kier alpha value is -4.85. The number of amides is 1. The lowest BCUT2D eigenvalue weighted by atomic mass is 9.95. The predicted octanol–water partition coefficient (Wildman–Crippen LogP) is 9.98. The van der Waals surface area contributed by atoms with Crippen LogP contribution in [0.5, 0.6) is 17.6 Å². The van der Waals surface area contributed by atoms with Crippen LogP contribution < -0.4 is 19.1 Å². The normalized spacial score (nSPS) is 23.9. The molecule has 1 amide bonds. The van der Waals surface area contributed by atoms with E-state index in [4.69, 9.17) is 38.6 Å². The Bertz CT molecular complexity index is 2590. The molecule has 2 aromatic carbocycles. The maximum Gasteiger partial charge on any atom is 0.410 e. The van der Waals surface area contributed by atoms with Gasteiger partial charge in [0, 0.05) is 37.6 Å². The Labute approximate surface area is 386 Å². The summed E-state index contributed by atoms with van der Waals surface area (Å²) in [6, 6.07) is 5.41. The lowest BCUT2D eigenvalue weighted by molar-refractivity contribution is 0.00537. The van der Waals surface area contributed by atoms with Gasteiger partial charge in [0.05, 0.1) is 29.2 Å². The topological polar surface area (TPSA) is 112 Å². The molecule has 7 heterocycles. The predicted molar refractivity (Wildman–Crippen MR) is 251 cm³/mol. The Morgan fingerprint density at radius 1 is 0.985 bits per heavy atom. The number of pyridine rings is 1. The molecule has 66 heavy (non-hydrogen) atoms. The van der Waals surface area contributed by atoms with Crippen LogP contribution in [0.15, 0.2) is 24.3 Å². The number of piperazine rings is 1. The van der Waals surface area contributed by atoms with Crippen LogP contribution in [0.3, 0.4) is 0 Å². The van der Waals surface area contributed by atoms with Crippen molar-refractivity contribution in [1.29, 1.82) is 0 Å². The van der Waals surface area contributed by atoms with Crippen molar-refractivity contribution in [2.24, 2.45) is 0 Å². The molecule has 354 valence electrons. The smallest absolute Gasteiger partial charge is 0.410 e. The van der Waals surface area contributed by atoms with Crippen LogP contribution in [-0.2, 0) is 9.47 Å². The molecule has 4 saturated heterocycles. The summed E-state index contributed by atoms with van der Waals surface area (Å²) in [7, 11) is -0.860. The highest BCUT2D eigenvalue weighted by Crippen LogP contribution is 2.48. The van der Waals surface area contributed by atoms with Crippen LogP contribution in [0.1, 0.15) is 100.0 Å². The van der Waals surface area contributed by atoms with E-state index in [0.717, 1.165) is 25.8 Å². The molecule has 5 aliphatic rings. The third-order valence-electron chi connectivity index (χ3n) is 14.9. The first-order valence-electron chi connectivity index (χ1n) is 23.6. The summed E-state index contributed by atoms with van der Waals surface area (Å²) in [6.07, 6.45) is 2.07. The molecule has 0 saturated carbocycles. The number of benzene rings is 2. The van der Waals surface area contributed by atoms with E-state index in [1.54, 1.807) is 18.2 Å². The standard InChI is InChI=1S/C50H63F3N6O6Si/c1-28(2)66(29(3)4,30(5)6)19-16-35-37(52)14-12-31-20-34(64-27-61-10)21-36(40(31)35)43-42(53)44-41-45(56-47(55-44)63-26-50-17-11-18-57(50)23-32(51)22-50)58-24-33-13-15-38(39(58)25-62-46(41)54-43)59(33)48(60)65-49(7,8)9/h12,14,20-21,28-30,32-33,38-39H,11,13,15,17-18,22-27H2,1-10H3. The average molecular weight is 929 g/mol. The van der Waals surface area contributed by atoms with Gasteiger partial charge in [-0.25, -0.2) is 22.9 Å². The van der Waals surface area contributed by atoms with Crippen LogP contribution >= 0.6 is 0 Å². The highest BCUT2D eigenvalue weighted by molar-refractivity contribution is 6.90. The molecule has 0 radical (unpaired) electrons. The van der Waals surface area contributed by atoms with E-state index < -0.39 is 49.2 Å². The maximum absolute atomic E-state index is 18.1. The maximum atomic E-state index is 18.1. The van der Waals surface area contributed by atoms with Crippen molar-refractivity contribution < 1.29 is 41.7 Å². The Kier molecular flexibility index (Phi) is 12.2. The van der Waals surface area contributed by atoms with Gasteiger partial charge in [-0.1, -0.05) is 53.5 Å². The van der Waals surface area contributed by atoms with Gasteiger partial charge in [0.1, 0.15) is 67.0 Å². The number of ether oxygens (including phenoxy) is 5. The Balaban J connectivity index is 1.25. The summed E-state index contributed by atoms with van der Waals surface area (Å²) in [5, 5.41) is 1.19. The van der Waals surface area contributed by atoms with Gasteiger partial charge < -0.3 is 28.6 Å².